The zero-order chi connectivity index (χ0) is 15.1. The van der Waals surface area contributed by atoms with E-state index in [-0.39, 0.29) is 5.97 Å². The van der Waals surface area contributed by atoms with Gasteiger partial charge in [-0.1, -0.05) is 0 Å². The van der Waals surface area contributed by atoms with E-state index in [2.05, 4.69) is 10.00 Å². The normalized spacial score (nSPS) is 18.3. The standard InChI is InChI=1S/C15H25N3O3/c1-17-13(5-8-16-17)6-9-18(10-7-15(19)20-2)12-14-4-3-11-21-14/h5,8,14H,3-4,6-7,9-12H2,1-2H3. The highest BCUT2D eigenvalue weighted by Gasteiger charge is 2.20. The predicted molar refractivity (Wildman–Crippen MR) is 79.0 cm³/mol. The van der Waals surface area contributed by atoms with Crippen molar-refractivity contribution in [2.24, 2.45) is 7.05 Å². The molecule has 0 spiro atoms. The van der Waals surface area contributed by atoms with Crippen LogP contribution >= 0.6 is 0 Å². The molecule has 0 amide bonds. The molecule has 0 aliphatic carbocycles. The summed E-state index contributed by atoms with van der Waals surface area (Å²) in [5.74, 6) is -0.159. The summed E-state index contributed by atoms with van der Waals surface area (Å²) in [5, 5.41) is 4.18. The van der Waals surface area contributed by atoms with Gasteiger partial charge < -0.3 is 9.47 Å². The lowest BCUT2D eigenvalue weighted by Crippen LogP contribution is -2.35. The largest absolute Gasteiger partial charge is 0.469 e. The molecule has 1 aliphatic heterocycles. The molecule has 1 aliphatic rings. The maximum atomic E-state index is 11.3. The average molecular weight is 295 g/mol. The molecule has 1 atom stereocenters. The summed E-state index contributed by atoms with van der Waals surface area (Å²) in [5.41, 5.74) is 1.20. The summed E-state index contributed by atoms with van der Waals surface area (Å²) in [6, 6.07) is 2.03. The third-order valence-electron chi connectivity index (χ3n) is 3.95. The summed E-state index contributed by atoms with van der Waals surface area (Å²) >= 11 is 0. The molecular weight excluding hydrogens is 270 g/mol. The second-order valence-corrected chi connectivity index (χ2v) is 5.46. The molecule has 2 rings (SSSR count). The highest BCUT2D eigenvalue weighted by atomic mass is 16.5. The number of rotatable bonds is 8. The van der Waals surface area contributed by atoms with Crippen LogP contribution in [0.25, 0.3) is 0 Å². The number of methoxy groups -OCH3 is 1. The van der Waals surface area contributed by atoms with Gasteiger partial charge in [-0.15, -0.1) is 0 Å². The Labute approximate surface area is 126 Å². The van der Waals surface area contributed by atoms with Crippen molar-refractivity contribution >= 4 is 5.97 Å². The number of hydrogen-bond acceptors (Lipinski definition) is 5. The first-order valence-electron chi connectivity index (χ1n) is 7.56. The maximum Gasteiger partial charge on any atom is 0.306 e. The van der Waals surface area contributed by atoms with Crippen LogP contribution in [0.1, 0.15) is 25.0 Å². The van der Waals surface area contributed by atoms with E-state index in [1.54, 1.807) is 0 Å². The van der Waals surface area contributed by atoms with Gasteiger partial charge in [0.25, 0.3) is 0 Å². The van der Waals surface area contributed by atoms with Crippen molar-refractivity contribution in [1.29, 1.82) is 0 Å². The van der Waals surface area contributed by atoms with Crippen LogP contribution in [0.3, 0.4) is 0 Å². The Morgan fingerprint density at radius 1 is 1.57 bits per heavy atom. The second kappa shape index (κ2) is 8.14. The number of aryl methyl sites for hydroxylation is 1. The molecule has 0 radical (unpaired) electrons. The smallest absolute Gasteiger partial charge is 0.306 e. The van der Waals surface area contributed by atoms with Crippen molar-refractivity contribution in [3.05, 3.63) is 18.0 Å². The van der Waals surface area contributed by atoms with Crippen LogP contribution in [0.2, 0.25) is 0 Å². The van der Waals surface area contributed by atoms with Gasteiger partial charge in [-0.2, -0.15) is 5.10 Å². The predicted octanol–water partition coefficient (Wildman–Crippen LogP) is 1.01. The van der Waals surface area contributed by atoms with Crippen molar-refractivity contribution in [3.63, 3.8) is 0 Å². The van der Waals surface area contributed by atoms with Gasteiger partial charge in [-0.05, 0) is 18.9 Å². The first kappa shape index (κ1) is 16.0. The number of aromatic nitrogens is 2. The summed E-state index contributed by atoms with van der Waals surface area (Å²) in [7, 11) is 3.39. The molecule has 1 aromatic heterocycles. The van der Waals surface area contributed by atoms with Gasteiger partial charge in [0.15, 0.2) is 0 Å². The number of carbonyl (C=O) groups excluding carboxylic acids is 1. The van der Waals surface area contributed by atoms with Gasteiger partial charge in [0.2, 0.25) is 0 Å². The van der Waals surface area contributed by atoms with E-state index in [0.29, 0.717) is 19.1 Å². The lowest BCUT2D eigenvalue weighted by molar-refractivity contribution is -0.141. The molecule has 6 nitrogen and oxygen atoms in total. The van der Waals surface area contributed by atoms with Crippen molar-refractivity contribution in [2.45, 2.75) is 31.8 Å². The number of ether oxygens (including phenoxy) is 2. The van der Waals surface area contributed by atoms with Gasteiger partial charge >= 0.3 is 5.97 Å². The number of carbonyl (C=O) groups is 1. The molecule has 1 unspecified atom stereocenters. The summed E-state index contributed by atoms with van der Waals surface area (Å²) < 4.78 is 12.3. The Morgan fingerprint density at radius 2 is 2.43 bits per heavy atom. The van der Waals surface area contributed by atoms with Crippen LogP contribution in [0.15, 0.2) is 12.3 Å². The van der Waals surface area contributed by atoms with Gasteiger partial charge in [0.1, 0.15) is 0 Å². The quantitative estimate of drug-likeness (QED) is 0.670. The van der Waals surface area contributed by atoms with Crippen LogP contribution in [0.5, 0.6) is 0 Å². The molecule has 0 saturated carbocycles. The summed E-state index contributed by atoms with van der Waals surface area (Å²) in [6.07, 6.45) is 5.71. The number of hydrogen-bond donors (Lipinski definition) is 0. The van der Waals surface area contributed by atoms with Crippen LogP contribution < -0.4 is 0 Å². The lowest BCUT2D eigenvalue weighted by Gasteiger charge is -2.24. The molecule has 1 fully saturated rings. The minimum Gasteiger partial charge on any atom is -0.469 e. The highest BCUT2D eigenvalue weighted by Crippen LogP contribution is 2.14. The molecule has 0 aromatic carbocycles. The van der Waals surface area contributed by atoms with Crippen LogP contribution in [0, 0.1) is 0 Å². The van der Waals surface area contributed by atoms with E-state index < -0.39 is 0 Å². The fraction of sp³-hybridized carbons (Fsp3) is 0.733. The number of esters is 1. The Bertz CT molecular complexity index is 441. The Balaban J connectivity index is 1.84. The zero-order valence-electron chi connectivity index (χ0n) is 13.0. The Hall–Kier alpha value is -1.40. The van der Waals surface area contributed by atoms with Crippen molar-refractivity contribution in [3.8, 4) is 0 Å². The topological polar surface area (TPSA) is 56.6 Å². The molecule has 1 saturated heterocycles. The van der Waals surface area contributed by atoms with Gasteiger partial charge in [-0.3, -0.25) is 14.4 Å². The SMILES string of the molecule is COC(=O)CCN(CCc1ccnn1C)CC1CCCO1. The molecular formula is C15H25N3O3. The van der Waals surface area contributed by atoms with Crippen LogP contribution in [-0.4, -0.2) is 60.1 Å². The molecule has 118 valence electrons. The van der Waals surface area contributed by atoms with Crippen molar-refractivity contribution in [1.82, 2.24) is 14.7 Å². The summed E-state index contributed by atoms with van der Waals surface area (Å²) in [6.45, 7) is 3.35. The van der Waals surface area contributed by atoms with Gasteiger partial charge in [-0.25, -0.2) is 0 Å². The van der Waals surface area contributed by atoms with Crippen LogP contribution in [0.4, 0.5) is 0 Å². The molecule has 1 aromatic rings. The minimum atomic E-state index is -0.159. The van der Waals surface area contributed by atoms with E-state index in [4.69, 9.17) is 9.47 Å². The first-order valence-corrected chi connectivity index (χ1v) is 7.56. The lowest BCUT2D eigenvalue weighted by atomic mass is 10.2. The second-order valence-electron chi connectivity index (χ2n) is 5.46. The first-order chi connectivity index (χ1) is 10.2. The molecule has 2 heterocycles. The zero-order valence-corrected chi connectivity index (χ0v) is 13.0. The monoisotopic (exact) mass is 295 g/mol. The van der Waals surface area contributed by atoms with E-state index in [1.807, 2.05) is 24.0 Å². The molecule has 21 heavy (non-hydrogen) atoms. The van der Waals surface area contributed by atoms with E-state index >= 15 is 0 Å². The Kier molecular flexibility index (Phi) is 6.20. The van der Waals surface area contributed by atoms with Gasteiger partial charge in [0, 0.05) is 51.6 Å². The average Bonchev–Trinajstić information content (AvgIpc) is 3.13. The Morgan fingerprint density at radius 3 is 3.05 bits per heavy atom. The summed E-state index contributed by atoms with van der Waals surface area (Å²) in [4.78, 5) is 13.6. The van der Waals surface area contributed by atoms with E-state index in [0.717, 1.165) is 39.0 Å². The minimum absolute atomic E-state index is 0.159. The molecule has 0 N–H and O–H groups in total. The third-order valence-corrected chi connectivity index (χ3v) is 3.95. The highest BCUT2D eigenvalue weighted by molar-refractivity contribution is 5.69. The molecule has 0 bridgehead atoms. The fourth-order valence-electron chi connectivity index (χ4n) is 2.64. The molecule has 6 heteroatoms. The van der Waals surface area contributed by atoms with Gasteiger partial charge in [0.05, 0.1) is 19.6 Å². The number of nitrogens with zero attached hydrogens (tertiary/aromatic N) is 3. The fourth-order valence-corrected chi connectivity index (χ4v) is 2.64. The van der Waals surface area contributed by atoms with Crippen molar-refractivity contribution in [2.75, 3.05) is 33.4 Å². The van der Waals surface area contributed by atoms with Crippen molar-refractivity contribution < 1.29 is 14.3 Å². The van der Waals surface area contributed by atoms with E-state index in [9.17, 15) is 4.79 Å². The van der Waals surface area contributed by atoms with E-state index in [1.165, 1.54) is 12.8 Å². The maximum absolute atomic E-state index is 11.3. The third kappa shape index (κ3) is 5.13. The van der Waals surface area contributed by atoms with Crippen LogP contribution in [-0.2, 0) is 27.7 Å².